The van der Waals surface area contributed by atoms with Gasteiger partial charge in [0.05, 0.1) is 6.61 Å². The Morgan fingerprint density at radius 2 is 1.87 bits per heavy atom. The van der Waals surface area contributed by atoms with Crippen LogP contribution >= 0.6 is 0 Å². The fraction of sp³-hybridized carbons (Fsp3) is 0.800. The first-order chi connectivity index (χ1) is 6.71. The van der Waals surface area contributed by atoms with Gasteiger partial charge >= 0.3 is 6.09 Å². The van der Waals surface area contributed by atoms with E-state index in [1.165, 1.54) is 14.0 Å². The topological polar surface area (TPSA) is 66.8 Å². The number of hydrogen-bond donors (Lipinski definition) is 1. The molecular formula is C10H19NO4. The van der Waals surface area contributed by atoms with Gasteiger partial charge in [0.25, 0.3) is 0 Å². The first kappa shape index (κ1) is 13.9. The van der Waals surface area contributed by atoms with Gasteiger partial charge in [0.15, 0.2) is 5.78 Å². The first-order valence-corrected chi connectivity index (χ1v) is 4.73. The average Bonchev–Trinajstić information content (AvgIpc) is 1.99. The van der Waals surface area contributed by atoms with E-state index in [1.54, 1.807) is 20.8 Å². The summed E-state index contributed by atoms with van der Waals surface area (Å²) in [6.45, 7) is 6.68. The van der Waals surface area contributed by atoms with E-state index >= 15 is 0 Å². The van der Waals surface area contributed by atoms with Gasteiger partial charge < -0.3 is 9.84 Å². The Morgan fingerprint density at radius 3 is 2.07 bits per heavy atom. The number of ketones is 1. The third kappa shape index (κ3) is 3.87. The number of carbonyl (C=O) groups is 2. The molecule has 0 aliphatic carbocycles. The molecule has 0 radical (unpaired) electrons. The van der Waals surface area contributed by atoms with Crippen molar-refractivity contribution in [1.82, 2.24) is 4.90 Å². The van der Waals surface area contributed by atoms with E-state index in [2.05, 4.69) is 0 Å². The molecule has 0 aliphatic heterocycles. The number of methoxy groups -OCH3 is 1. The molecule has 15 heavy (non-hydrogen) atoms. The number of Topliss-reactive ketones (excluding diaryl/α,β-unsaturated/α-hetero) is 1. The fourth-order valence-corrected chi connectivity index (χ4v) is 1.42. The zero-order valence-corrected chi connectivity index (χ0v) is 9.90. The Kier molecular flexibility index (Phi) is 4.74. The molecule has 88 valence electrons. The predicted octanol–water partition coefficient (Wildman–Crippen LogP) is 1.37. The number of carboxylic acid groups (broad SMARTS) is 1. The molecule has 0 aliphatic rings. The normalized spacial score (nSPS) is 13.4. The fourth-order valence-electron chi connectivity index (χ4n) is 1.42. The van der Waals surface area contributed by atoms with Crippen LogP contribution in [0.4, 0.5) is 4.79 Å². The van der Waals surface area contributed by atoms with Gasteiger partial charge in [-0.2, -0.15) is 0 Å². The molecule has 0 rings (SSSR count). The number of carbonyl (C=O) groups excluding carboxylic acids is 1. The molecule has 1 amide bonds. The van der Waals surface area contributed by atoms with E-state index in [0.29, 0.717) is 0 Å². The van der Waals surface area contributed by atoms with Gasteiger partial charge in [0.1, 0.15) is 6.04 Å². The van der Waals surface area contributed by atoms with Crippen LogP contribution in [-0.2, 0) is 9.53 Å². The summed E-state index contributed by atoms with van der Waals surface area (Å²) in [6, 6.07) is -0.743. The molecule has 5 nitrogen and oxygen atoms in total. The van der Waals surface area contributed by atoms with Crippen LogP contribution in [0.2, 0.25) is 0 Å². The van der Waals surface area contributed by atoms with Gasteiger partial charge in [-0.25, -0.2) is 4.79 Å². The van der Waals surface area contributed by atoms with Crippen molar-refractivity contribution in [2.75, 3.05) is 13.7 Å². The summed E-state index contributed by atoms with van der Waals surface area (Å²) >= 11 is 0. The highest BCUT2D eigenvalue weighted by Gasteiger charge is 2.35. The largest absolute Gasteiger partial charge is 0.465 e. The van der Waals surface area contributed by atoms with Crippen molar-refractivity contribution in [3.05, 3.63) is 0 Å². The van der Waals surface area contributed by atoms with E-state index < -0.39 is 17.7 Å². The first-order valence-electron chi connectivity index (χ1n) is 4.73. The molecule has 0 fully saturated rings. The van der Waals surface area contributed by atoms with E-state index in [4.69, 9.17) is 9.84 Å². The second-order valence-electron chi connectivity index (χ2n) is 4.41. The predicted molar refractivity (Wildman–Crippen MR) is 56.0 cm³/mol. The van der Waals surface area contributed by atoms with Crippen LogP contribution in [-0.4, -0.2) is 47.2 Å². The van der Waals surface area contributed by atoms with E-state index in [9.17, 15) is 9.59 Å². The van der Waals surface area contributed by atoms with Crippen molar-refractivity contribution in [2.45, 2.75) is 39.3 Å². The summed E-state index contributed by atoms with van der Waals surface area (Å²) in [5.41, 5.74) is -0.624. The van der Waals surface area contributed by atoms with E-state index in [0.717, 1.165) is 4.90 Å². The Labute approximate surface area is 90.0 Å². The van der Waals surface area contributed by atoms with Crippen molar-refractivity contribution >= 4 is 11.9 Å². The molecule has 5 heteroatoms. The summed E-state index contributed by atoms with van der Waals surface area (Å²) in [5, 5.41) is 9.07. The van der Waals surface area contributed by atoms with Crippen molar-refractivity contribution in [2.24, 2.45) is 0 Å². The van der Waals surface area contributed by atoms with E-state index in [1.807, 2.05) is 0 Å². The van der Waals surface area contributed by atoms with Gasteiger partial charge in [-0.3, -0.25) is 9.69 Å². The van der Waals surface area contributed by atoms with Gasteiger partial charge in [-0.15, -0.1) is 0 Å². The van der Waals surface area contributed by atoms with Crippen LogP contribution in [0.1, 0.15) is 27.7 Å². The minimum atomic E-state index is -1.11. The number of nitrogens with zero attached hydrogens (tertiary/aromatic N) is 1. The van der Waals surface area contributed by atoms with Gasteiger partial charge in [-0.1, -0.05) is 0 Å². The second kappa shape index (κ2) is 5.11. The van der Waals surface area contributed by atoms with Crippen LogP contribution in [0.3, 0.4) is 0 Å². The lowest BCUT2D eigenvalue weighted by Crippen LogP contribution is -2.55. The van der Waals surface area contributed by atoms with Gasteiger partial charge in [0, 0.05) is 12.6 Å². The second-order valence-corrected chi connectivity index (χ2v) is 4.41. The average molecular weight is 217 g/mol. The minimum Gasteiger partial charge on any atom is -0.465 e. The van der Waals surface area contributed by atoms with Crippen LogP contribution in [0.25, 0.3) is 0 Å². The zero-order valence-electron chi connectivity index (χ0n) is 9.90. The highest BCUT2D eigenvalue weighted by Crippen LogP contribution is 2.18. The monoisotopic (exact) mass is 217 g/mol. The van der Waals surface area contributed by atoms with Crippen molar-refractivity contribution in [1.29, 1.82) is 0 Å². The lowest BCUT2D eigenvalue weighted by molar-refractivity contribution is -0.125. The molecular weight excluding hydrogens is 198 g/mol. The standard InChI is InChI=1S/C10H19NO4/c1-7(12)8(6-15-5)11(9(13)14)10(2,3)4/h8H,6H2,1-5H3,(H,13,14). The summed E-state index contributed by atoms with van der Waals surface area (Å²) in [7, 11) is 1.44. The number of rotatable bonds is 4. The SMILES string of the molecule is COCC(C(C)=O)N(C(=O)O)C(C)(C)C. The van der Waals surface area contributed by atoms with Crippen LogP contribution < -0.4 is 0 Å². The molecule has 0 aromatic rings. The number of ether oxygens (including phenoxy) is 1. The Morgan fingerprint density at radius 1 is 1.40 bits per heavy atom. The Bertz CT molecular complexity index is 244. The zero-order chi connectivity index (χ0) is 12.2. The molecule has 1 atom stereocenters. The minimum absolute atomic E-state index is 0.0822. The Hall–Kier alpha value is -1.10. The van der Waals surface area contributed by atoms with Crippen molar-refractivity contribution in [3.63, 3.8) is 0 Å². The highest BCUT2D eigenvalue weighted by molar-refractivity contribution is 5.85. The molecule has 1 unspecified atom stereocenters. The molecule has 0 bridgehead atoms. The van der Waals surface area contributed by atoms with Gasteiger partial charge in [-0.05, 0) is 27.7 Å². The molecule has 0 aromatic heterocycles. The van der Waals surface area contributed by atoms with Gasteiger partial charge in [0.2, 0.25) is 0 Å². The number of amides is 1. The lowest BCUT2D eigenvalue weighted by Gasteiger charge is -2.38. The quantitative estimate of drug-likeness (QED) is 0.772. The van der Waals surface area contributed by atoms with Crippen molar-refractivity contribution in [3.8, 4) is 0 Å². The Balaban J connectivity index is 5.02. The summed E-state index contributed by atoms with van der Waals surface area (Å²) in [6.07, 6.45) is -1.11. The van der Waals surface area contributed by atoms with Crippen molar-refractivity contribution < 1.29 is 19.4 Å². The molecule has 0 heterocycles. The highest BCUT2D eigenvalue weighted by atomic mass is 16.5. The maximum atomic E-state index is 11.3. The van der Waals surface area contributed by atoms with E-state index in [-0.39, 0.29) is 12.4 Å². The maximum Gasteiger partial charge on any atom is 0.408 e. The summed E-state index contributed by atoms with van der Waals surface area (Å²) in [4.78, 5) is 23.6. The van der Waals surface area contributed by atoms with Crippen LogP contribution in [0, 0.1) is 0 Å². The van der Waals surface area contributed by atoms with Crippen LogP contribution in [0.5, 0.6) is 0 Å². The molecule has 0 spiro atoms. The smallest absolute Gasteiger partial charge is 0.408 e. The lowest BCUT2D eigenvalue weighted by atomic mass is 10.0. The van der Waals surface area contributed by atoms with Crippen LogP contribution in [0.15, 0.2) is 0 Å². The molecule has 1 N–H and O–H groups in total. The molecule has 0 aromatic carbocycles. The third-order valence-corrected chi connectivity index (χ3v) is 2.03. The summed E-state index contributed by atoms with van der Waals surface area (Å²) < 4.78 is 4.87. The third-order valence-electron chi connectivity index (χ3n) is 2.03. The summed E-state index contributed by atoms with van der Waals surface area (Å²) in [5.74, 6) is -0.214. The molecule has 0 saturated heterocycles. The number of hydrogen-bond acceptors (Lipinski definition) is 3. The molecule has 0 saturated carbocycles. The maximum absolute atomic E-state index is 11.3.